The van der Waals surface area contributed by atoms with Crippen molar-refractivity contribution >= 4 is 35.5 Å². The fourth-order valence-corrected chi connectivity index (χ4v) is 7.04. The number of allylic oxidation sites excluding steroid dienone is 2. The lowest BCUT2D eigenvalue weighted by atomic mass is 9.54. The van der Waals surface area contributed by atoms with Gasteiger partial charge in [0.1, 0.15) is 24.4 Å². The van der Waals surface area contributed by atoms with Crippen molar-refractivity contribution in [2.45, 2.75) is 104 Å². The van der Waals surface area contributed by atoms with Crippen LogP contribution in [0.4, 0.5) is 0 Å². The normalized spacial score (nSPS) is 45.6. The third-order valence-corrected chi connectivity index (χ3v) is 9.29. The minimum Gasteiger partial charge on any atom is -0.459 e. The van der Waals surface area contributed by atoms with Crippen molar-refractivity contribution in [1.29, 1.82) is 0 Å². The van der Waals surface area contributed by atoms with Gasteiger partial charge >= 0.3 is 23.9 Å². The van der Waals surface area contributed by atoms with Crippen molar-refractivity contribution in [2.24, 2.45) is 23.2 Å². The van der Waals surface area contributed by atoms with Gasteiger partial charge in [0.15, 0.2) is 11.7 Å². The molecule has 4 rings (SSSR count). The van der Waals surface area contributed by atoms with E-state index < -0.39 is 89.3 Å². The molecule has 2 saturated heterocycles. The molecule has 0 spiro atoms. The number of rotatable bonds is 5. The van der Waals surface area contributed by atoms with Gasteiger partial charge in [0.25, 0.3) is 0 Å². The predicted molar refractivity (Wildman–Crippen MR) is 137 cm³/mol. The van der Waals surface area contributed by atoms with Gasteiger partial charge in [0.05, 0.1) is 17.1 Å². The zero-order chi connectivity index (χ0) is 29.0. The van der Waals surface area contributed by atoms with E-state index in [4.69, 9.17) is 35.3 Å². The third-order valence-electron chi connectivity index (χ3n) is 8.80. The number of esters is 4. The third kappa shape index (κ3) is 4.78. The summed E-state index contributed by atoms with van der Waals surface area (Å²) in [7, 11) is 0. The van der Waals surface area contributed by atoms with Crippen LogP contribution in [0.1, 0.15) is 61.3 Å². The highest BCUT2D eigenvalue weighted by Gasteiger charge is 2.75. The zero-order valence-electron chi connectivity index (χ0n) is 23.3. The molecule has 39 heavy (non-hydrogen) atoms. The summed E-state index contributed by atoms with van der Waals surface area (Å²) < 4.78 is 29.3. The van der Waals surface area contributed by atoms with Crippen LogP contribution in [-0.2, 0) is 42.9 Å². The molecule has 11 heteroatoms. The van der Waals surface area contributed by atoms with E-state index in [2.05, 4.69) is 0 Å². The van der Waals surface area contributed by atoms with E-state index in [0.717, 1.165) is 0 Å². The largest absolute Gasteiger partial charge is 0.459 e. The average Bonchev–Trinajstić information content (AvgIpc) is 3.62. The Morgan fingerprint density at radius 1 is 1.13 bits per heavy atom. The Kier molecular flexibility index (Phi) is 7.97. The Balaban J connectivity index is 1.99. The summed E-state index contributed by atoms with van der Waals surface area (Å²) in [5.41, 5.74) is -2.72. The number of fused-ring (bicyclic) bond motifs is 4. The number of halogens is 1. The maximum Gasteiger partial charge on any atom is 0.312 e. The van der Waals surface area contributed by atoms with Crippen molar-refractivity contribution in [1.82, 2.24) is 0 Å². The number of ether oxygens (including phenoxy) is 5. The molecule has 1 saturated carbocycles. The summed E-state index contributed by atoms with van der Waals surface area (Å²) in [6.07, 6.45) is -1.34. The minimum atomic E-state index is -2.10. The van der Waals surface area contributed by atoms with Crippen molar-refractivity contribution < 1.29 is 48.0 Å². The predicted octanol–water partition coefficient (Wildman–Crippen LogP) is 2.98. The molecule has 1 N–H and O–H groups in total. The summed E-state index contributed by atoms with van der Waals surface area (Å²) in [5.74, 6) is -4.93. The topological polar surface area (TPSA) is 138 Å². The number of hydrogen-bond acceptors (Lipinski definition) is 10. The van der Waals surface area contributed by atoms with Crippen LogP contribution in [0.25, 0.3) is 0 Å². The maximum atomic E-state index is 12.9. The monoisotopic (exact) mass is 568 g/mol. The lowest BCUT2D eigenvalue weighted by Gasteiger charge is -2.54. The highest BCUT2D eigenvalue weighted by Crippen LogP contribution is 2.62. The van der Waals surface area contributed by atoms with Crippen LogP contribution in [-0.4, -0.2) is 71.2 Å². The summed E-state index contributed by atoms with van der Waals surface area (Å²) in [6, 6.07) is 0. The van der Waals surface area contributed by atoms with E-state index in [1.54, 1.807) is 26.0 Å². The second kappa shape index (κ2) is 10.5. The standard InChI is InChI=1S/C28H37ClO10/c1-8-9-18(32)37-17-11-10-12(2)20(29)24-28(34,14(4)26(33)39-24)23(36-16(6)31)19-13(3)21(35-15(5)30)22-25(38-22)27(17,19)7/h10-11,13-14,17,19,21-25,34H,8-9H2,1-7H3/b11-10-,20-12+/t13-,14+,17+,19-,21+,22+,23+,24+,25+,27-,28-/m1/s1. The van der Waals surface area contributed by atoms with E-state index in [1.165, 1.54) is 20.8 Å². The molecule has 216 valence electrons. The van der Waals surface area contributed by atoms with Crippen LogP contribution in [0.5, 0.6) is 0 Å². The summed E-state index contributed by atoms with van der Waals surface area (Å²) in [5, 5.41) is 12.5. The van der Waals surface area contributed by atoms with Crippen molar-refractivity contribution in [2.75, 3.05) is 0 Å². The Bertz CT molecular complexity index is 1120. The maximum absolute atomic E-state index is 12.9. The fraction of sp³-hybridized carbons (Fsp3) is 0.714. The lowest BCUT2D eigenvalue weighted by Crippen LogP contribution is -2.67. The van der Waals surface area contributed by atoms with Crippen LogP contribution in [0, 0.1) is 23.2 Å². The molecule has 0 amide bonds. The molecule has 4 aliphatic rings. The molecule has 0 aromatic carbocycles. The van der Waals surface area contributed by atoms with Gasteiger partial charge in [0.2, 0.25) is 0 Å². The summed E-state index contributed by atoms with van der Waals surface area (Å²) >= 11 is 6.73. The smallest absolute Gasteiger partial charge is 0.312 e. The number of hydrogen-bond donors (Lipinski definition) is 1. The van der Waals surface area contributed by atoms with E-state index in [9.17, 15) is 24.3 Å². The van der Waals surface area contributed by atoms with Gasteiger partial charge in [-0.1, -0.05) is 38.4 Å². The fourth-order valence-electron chi connectivity index (χ4n) is 6.76. The number of aliphatic hydroxyl groups is 1. The second-order valence-corrected chi connectivity index (χ2v) is 11.8. The van der Waals surface area contributed by atoms with Crippen LogP contribution in [0.2, 0.25) is 0 Å². The zero-order valence-corrected chi connectivity index (χ0v) is 24.0. The molecule has 2 heterocycles. The Morgan fingerprint density at radius 2 is 1.77 bits per heavy atom. The van der Waals surface area contributed by atoms with Crippen LogP contribution in [0.15, 0.2) is 22.8 Å². The van der Waals surface area contributed by atoms with E-state index in [0.29, 0.717) is 12.0 Å². The van der Waals surface area contributed by atoms with Gasteiger partial charge in [-0.2, -0.15) is 0 Å². The lowest BCUT2D eigenvalue weighted by molar-refractivity contribution is -0.219. The Morgan fingerprint density at radius 3 is 2.36 bits per heavy atom. The Hall–Kier alpha value is -2.43. The van der Waals surface area contributed by atoms with Crippen LogP contribution in [0.3, 0.4) is 0 Å². The van der Waals surface area contributed by atoms with Crippen LogP contribution < -0.4 is 0 Å². The van der Waals surface area contributed by atoms with E-state index >= 15 is 0 Å². The molecule has 10 nitrogen and oxygen atoms in total. The molecule has 0 aromatic rings. The highest BCUT2D eigenvalue weighted by molar-refractivity contribution is 6.31. The molecule has 11 atom stereocenters. The molecule has 0 radical (unpaired) electrons. The second-order valence-electron chi connectivity index (χ2n) is 11.4. The average molecular weight is 569 g/mol. The number of carbonyl (C=O) groups excluding carboxylic acids is 4. The molecule has 0 unspecified atom stereocenters. The first-order valence-electron chi connectivity index (χ1n) is 13.4. The van der Waals surface area contributed by atoms with Gasteiger partial charge in [-0.15, -0.1) is 0 Å². The first-order chi connectivity index (χ1) is 18.2. The van der Waals surface area contributed by atoms with E-state index in [1.807, 2.05) is 13.8 Å². The molecule has 2 aliphatic carbocycles. The van der Waals surface area contributed by atoms with E-state index in [-0.39, 0.29) is 11.5 Å². The van der Waals surface area contributed by atoms with Crippen molar-refractivity contribution in [3.8, 4) is 0 Å². The first-order valence-corrected chi connectivity index (χ1v) is 13.7. The van der Waals surface area contributed by atoms with Gasteiger partial charge in [0, 0.05) is 37.5 Å². The van der Waals surface area contributed by atoms with Crippen molar-refractivity contribution in [3.63, 3.8) is 0 Å². The SMILES string of the molecule is CCCC(=O)O[C@H]1/C=C\C(C)=C(\Cl)[C@@H]2OC(=O)[C@H](C)[C@@]2(O)[C@@H](OC(C)=O)[C@H]2[C@@H](C)[C@H](OC(C)=O)[C@@H]3O[C@@H]3[C@@]21C. The molecular weight excluding hydrogens is 532 g/mol. The van der Waals surface area contributed by atoms with Crippen LogP contribution >= 0.6 is 11.6 Å². The molecule has 0 bridgehead atoms. The summed E-state index contributed by atoms with van der Waals surface area (Å²) in [4.78, 5) is 50.4. The van der Waals surface area contributed by atoms with Gasteiger partial charge in [-0.25, -0.2) is 0 Å². The molecule has 2 aliphatic heterocycles. The summed E-state index contributed by atoms with van der Waals surface area (Å²) in [6.45, 7) is 11.2. The molecular formula is C28H37ClO10. The van der Waals surface area contributed by atoms with Crippen molar-refractivity contribution in [3.05, 3.63) is 22.8 Å². The van der Waals surface area contributed by atoms with Gasteiger partial charge in [-0.05, 0) is 31.9 Å². The first kappa shape index (κ1) is 29.6. The van der Waals surface area contributed by atoms with Gasteiger partial charge in [-0.3, -0.25) is 19.2 Å². The minimum absolute atomic E-state index is 0.0476. The molecule has 0 aromatic heterocycles. The number of carbonyl (C=O) groups is 4. The Labute approximate surface area is 233 Å². The highest BCUT2D eigenvalue weighted by atomic mass is 35.5. The van der Waals surface area contributed by atoms with Gasteiger partial charge < -0.3 is 28.8 Å². The quantitative estimate of drug-likeness (QED) is 0.299. The molecule has 3 fully saturated rings. The number of epoxide rings is 1.